The Labute approximate surface area is 153 Å². The number of hydrogen-bond acceptors (Lipinski definition) is 4. The molecule has 0 fully saturated rings. The third-order valence-electron chi connectivity index (χ3n) is 3.64. The molecule has 0 spiro atoms. The van der Waals surface area contributed by atoms with Gasteiger partial charge in [0.15, 0.2) is 0 Å². The lowest BCUT2D eigenvalue weighted by Gasteiger charge is -2.09. The average molecular weight is 362 g/mol. The standard InChI is InChI=1S/C17H20N2O3S.C2H6/c1-4-13-10(2)14(17(21)22)16(23-13)19-15(20)12-8-6-5-7-11(12)9-18-3;1-2/h5-8,18H,4,9H2,1-3H3,(H,19,20)(H,21,22);1-2H3. The number of aryl methyl sites for hydroxylation is 1. The molecule has 0 saturated heterocycles. The molecule has 0 radical (unpaired) electrons. The summed E-state index contributed by atoms with van der Waals surface area (Å²) in [5, 5.41) is 15.6. The minimum absolute atomic E-state index is 0.186. The lowest BCUT2D eigenvalue weighted by atomic mass is 10.1. The maximum absolute atomic E-state index is 12.6. The van der Waals surface area contributed by atoms with Gasteiger partial charge in [-0.3, -0.25) is 4.79 Å². The zero-order valence-corrected chi connectivity index (χ0v) is 16.2. The van der Waals surface area contributed by atoms with Crippen molar-refractivity contribution in [3.63, 3.8) is 0 Å². The van der Waals surface area contributed by atoms with Gasteiger partial charge in [-0.05, 0) is 37.6 Å². The van der Waals surface area contributed by atoms with Crippen molar-refractivity contribution in [1.82, 2.24) is 5.32 Å². The first-order valence-corrected chi connectivity index (χ1v) is 9.20. The first-order valence-electron chi connectivity index (χ1n) is 8.39. The van der Waals surface area contributed by atoms with Crippen LogP contribution >= 0.6 is 11.3 Å². The molecule has 0 atom stereocenters. The number of carbonyl (C=O) groups is 2. The summed E-state index contributed by atoms with van der Waals surface area (Å²) < 4.78 is 0. The van der Waals surface area contributed by atoms with Crippen LogP contribution in [0.4, 0.5) is 5.00 Å². The van der Waals surface area contributed by atoms with Crippen LogP contribution in [0.15, 0.2) is 24.3 Å². The van der Waals surface area contributed by atoms with E-state index in [1.54, 1.807) is 19.1 Å². The normalized spacial score (nSPS) is 9.96. The van der Waals surface area contributed by atoms with Crippen LogP contribution in [0.5, 0.6) is 0 Å². The van der Waals surface area contributed by atoms with E-state index in [4.69, 9.17) is 0 Å². The van der Waals surface area contributed by atoms with Gasteiger partial charge < -0.3 is 15.7 Å². The molecule has 1 aromatic carbocycles. The Morgan fingerprint density at radius 2 is 1.84 bits per heavy atom. The topological polar surface area (TPSA) is 78.4 Å². The molecule has 6 heteroatoms. The number of rotatable bonds is 6. The van der Waals surface area contributed by atoms with Crippen LogP contribution in [0.3, 0.4) is 0 Å². The van der Waals surface area contributed by atoms with Gasteiger partial charge >= 0.3 is 5.97 Å². The quantitative estimate of drug-likeness (QED) is 0.715. The molecule has 0 aliphatic heterocycles. The highest BCUT2D eigenvalue weighted by Crippen LogP contribution is 2.33. The van der Waals surface area contributed by atoms with Crippen LogP contribution in [0, 0.1) is 6.92 Å². The van der Waals surface area contributed by atoms with Gasteiger partial charge in [0.2, 0.25) is 0 Å². The van der Waals surface area contributed by atoms with Crippen LogP contribution in [0.25, 0.3) is 0 Å². The van der Waals surface area contributed by atoms with Crippen LogP contribution in [0.1, 0.15) is 57.5 Å². The van der Waals surface area contributed by atoms with E-state index in [2.05, 4.69) is 10.6 Å². The number of aromatic carboxylic acids is 1. The second-order valence-electron chi connectivity index (χ2n) is 5.15. The Bertz CT molecular complexity index is 738. The molecular formula is C19H26N2O3S. The summed E-state index contributed by atoms with van der Waals surface area (Å²) in [5.41, 5.74) is 2.32. The van der Waals surface area contributed by atoms with E-state index in [9.17, 15) is 14.7 Å². The van der Waals surface area contributed by atoms with Crippen LogP contribution in [-0.4, -0.2) is 24.0 Å². The number of carboxylic acid groups (broad SMARTS) is 1. The van der Waals surface area contributed by atoms with Gasteiger partial charge in [0.05, 0.1) is 5.56 Å². The predicted octanol–water partition coefficient (Wildman–Crippen LogP) is 4.32. The summed E-state index contributed by atoms with van der Waals surface area (Å²) in [4.78, 5) is 25.0. The highest BCUT2D eigenvalue weighted by Gasteiger charge is 2.22. The number of thiophene rings is 1. The number of amides is 1. The van der Waals surface area contributed by atoms with Crippen molar-refractivity contribution in [2.45, 2.75) is 40.7 Å². The van der Waals surface area contributed by atoms with E-state index in [1.807, 2.05) is 40.0 Å². The summed E-state index contributed by atoms with van der Waals surface area (Å²) in [6, 6.07) is 7.28. The van der Waals surface area contributed by atoms with Crippen molar-refractivity contribution < 1.29 is 14.7 Å². The molecule has 2 rings (SSSR count). The number of nitrogens with one attached hydrogen (secondary N) is 2. The first-order chi connectivity index (χ1) is 12.0. The van der Waals surface area contributed by atoms with Gasteiger partial charge in [0, 0.05) is 17.0 Å². The fourth-order valence-electron chi connectivity index (χ4n) is 2.50. The third-order valence-corrected chi connectivity index (χ3v) is 4.99. The van der Waals surface area contributed by atoms with Crippen molar-refractivity contribution >= 4 is 28.2 Å². The second-order valence-corrected chi connectivity index (χ2v) is 6.26. The molecule has 0 aliphatic rings. The van der Waals surface area contributed by atoms with Crippen molar-refractivity contribution in [2.24, 2.45) is 0 Å². The van der Waals surface area contributed by atoms with E-state index in [1.165, 1.54) is 11.3 Å². The minimum atomic E-state index is -1.02. The van der Waals surface area contributed by atoms with Crippen LogP contribution in [0.2, 0.25) is 0 Å². The van der Waals surface area contributed by atoms with Gasteiger partial charge in [-0.15, -0.1) is 11.3 Å². The van der Waals surface area contributed by atoms with Crippen molar-refractivity contribution in [3.05, 3.63) is 51.4 Å². The highest BCUT2D eigenvalue weighted by atomic mass is 32.1. The summed E-state index contributed by atoms with van der Waals surface area (Å²) in [7, 11) is 1.81. The molecule has 0 unspecified atom stereocenters. The molecule has 0 aliphatic carbocycles. The minimum Gasteiger partial charge on any atom is -0.478 e. The smallest absolute Gasteiger partial charge is 0.338 e. The predicted molar refractivity (Wildman–Crippen MR) is 104 cm³/mol. The lowest BCUT2D eigenvalue weighted by Crippen LogP contribution is -2.17. The van der Waals surface area contributed by atoms with Gasteiger partial charge in [-0.2, -0.15) is 0 Å². The van der Waals surface area contributed by atoms with Crippen molar-refractivity contribution in [2.75, 3.05) is 12.4 Å². The maximum atomic E-state index is 12.6. The number of carbonyl (C=O) groups excluding carboxylic acids is 1. The Morgan fingerprint density at radius 3 is 2.40 bits per heavy atom. The van der Waals surface area contributed by atoms with Gasteiger partial charge in [-0.25, -0.2) is 4.79 Å². The third kappa shape index (κ3) is 4.90. The monoisotopic (exact) mass is 362 g/mol. The molecule has 2 aromatic rings. The SMILES string of the molecule is CC.CCc1sc(NC(=O)c2ccccc2CNC)c(C(=O)O)c1C. The number of benzene rings is 1. The van der Waals surface area contributed by atoms with E-state index in [0.717, 1.165) is 22.4 Å². The zero-order chi connectivity index (χ0) is 19.0. The average Bonchev–Trinajstić information content (AvgIpc) is 2.92. The van der Waals surface area contributed by atoms with E-state index in [0.29, 0.717) is 17.1 Å². The van der Waals surface area contributed by atoms with Gasteiger partial charge in [0.1, 0.15) is 5.00 Å². The van der Waals surface area contributed by atoms with E-state index < -0.39 is 5.97 Å². The first kappa shape index (κ1) is 20.9. The maximum Gasteiger partial charge on any atom is 0.338 e. The molecular weight excluding hydrogens is 336 g/mol. The molecule has 136 valence electrons. The molecule has 0 saturated carbocycles. The number of carboxylic acids is 1. The van der Waals surface area contributed by atoms with Crippen molar-refractivity contribution in [3.8, 4) is 0 Å². The summed E-state index contributed by atoms with van der Waals surface area (Å²) in [5.74, 6) is -1.31. The second kappa shape index (κ2) is 9.96. The molecule has 0 bridgehead atoms. The summed E-state index contributed by atoms with van der Waals surface area (Å²) >= 11 is 1.33. The molecule has 1 aromatic heterocycles. The Kier molecular flexibility index (Phi) is 8.31. The van der Waals surface area contributed by atoms with Gasteiger partial charge in [0.25, 0.3) is 5.91 Å². The molecule has 5 nitrogen and oxygen atoms in total. The zero-order valence-electron chi connectivity index (χ0n) is 15.4. The molecule has 3 N–H and O–H groups in total. The number of anilines is 1. The lowest BCUT2D eigenvalue weighted by molar-refractivity contribution is 0.0697. The Balaban J connectivity index is 0.00000151. The Hall–Kier alpha value is -2.18. The molecule has 25 heavy (non-hydrogen) atoms. The summed E-state index contributed by atoms with van der Waals surface area (Å²) in [6.07, 6.45) is 0.739. The van der Waals surface area contributed by atoms with E-state index in [-0.39, 0.29) is 11.5 Å². The number of hydrogen-bond donors (Lipinski definition) is 3. The van der Waals surface area contributed by atoms with Crippen LogP contribution in [-0.2, 0) is 13.0 Å². The summed E-state index contributed by atoms with van der Waals surface area (Å²) in [6.45, 7) is 8.32. The Morgan fingerprint density at radius 1 is 1.20 bits per heavy atom. The fraction of sp³-hybridized carbons (Fsp3) is 0.368. The largest absolute Gasteiger partial charge is 0.478 e. The van der Waals surface area contributed by atoms with E-state index >= 15 is 0 Å². The van der Waals surface area contributed by atoms with Crippen molar-refractivity contribution in [1.29, 1.82) is 0 Å². The molecule has 1 heterocycles. The fourth-order valence-corrected chi connectivity index (χ4v) is 3.63. The molecule has 1 amide bonds. The highest BCUT2D eigenvalue weighted by molar-refractivity contribution is 7.17. The van der Waals surface area contributed by atoms with Gasteiger partial charge in [-0.1, -0.05) is 39.0 Å². The van der Waals surface area contributed by atoms with Crippen LogP contribution < -0.4 is 10.6 Å².